The van der Waals surface area contributed by atoms with Crippen molar-refractivity contribution in [3.05, 3.63) is 95.2 Å². The second-order valence-corrected chi connectivity index (χ2v) is 6.74. The number of anilines is 1. The average Bonchev–Trinajstić information content (AvgIpc) is 2.73. The van der Waals surface area contributed by atoms with E-state index in [0.29, 0.717) is 16.3 Å². The Hall–Kier alpha value is -3.38. The number of rotatable bonds is 7. The highest BCUT2D eigenvalue weighted by Gasteiger charge is 2.16. The van der Waals surface area contributed by atoms with Crippen molar-refractivity contribution in [3.63, 3.8) is 0 Å². The van der Waals surface area contributed by atoms with Crippen LogP contribution in [-0.2, 0) is 4.79 Å². The van der Waals surface area contributed by atoms with Crippen molar-refractivity contribution in [2.75, 3.05) is 5.32 Å². The number of carbonyl (C=O) groups excluding carboxylic acids is 1. The van der Waals surface area contributed by atoms with Crippen LogP contribution in [0.15, 0.2) is 78.8 Å². The first kappa shape index (κ1) is 21.3. The maximum atomic E-state index is 14.0. The lowest BCUT2D eigenvalue weighted by atomic mass is 10.2. The van der Waals surface area contributed by atoms with Gasteiger partial charge in [-0.15, -0.1) is 0 Å². The van der Waals surface area contributed by atoms with Crippen molar-refractivity contribution in [2.24, 2.45) is 0 Å². The maximum Gasteiger partial charge on any atom is 0.278 e. The number of hydrogen-bond donors (Lipinski definition) is 1. The molecule has 4 nitrogen and oxygen atoms in total. The number of nitrogens with one attached hydrogen (secondary N) is 1. The minimum atomic E-state index is -0.877. The second kappa shape index (κ2) is 9.89. The third kappa shape index (κ3) is 6.06. The molecule has 0 aliphatic rings. The predicted octanol–water partition coefficient (Wildman–Crippen LogP) is 6.23. The van der Waals surface area contributed by atoms with Crippen LogP contribution < -0.4 is 14.8 Å². The zero-order valence-corrected chi connectivity index (χ0v) is 16.7. The first-order valence-corrected chi connectivity index (χ1v) is 9.41. The summed E-state index contributed by atoms with van der Waals surface area (Å²) in [7, 11) is 0. The van der Waals surface area contributed by atoms with Gasteiger partial charge in [0.25, 0.3) is 11.9 Å². The van der Waals surface area contributed by atoms with E-state index in [-0.39, 0.29) is 11.4 Å². The Morgan fingerprint density at radius 2 is 1.63 bits per heavy atom. The molecule has 0 spiro atoms. The van der Waals surface area contributed by atoms with Gasteiger partial charge in [-0.2, -0.15) is 4.39 Å². The quantitative estimate of drug-likeness (QED) is 0.453. The summed E-state index contributed by atoms with van der Waals surface area (Å²) in [5.74, 6) is -0.403. The molecule has 0 saturated carbocycles. The average molecular weight is 430 g/mol. The molecule has 0 heterocycles. The fourth-order valence-corrected chi connectivity index (χ4v) is 2.60. The minimum Gasteiger partial charge on any atom is -0.481 e. The Labute approximate surface area is 177 Å². The van der Waals surface area contributed by atoms with Gasteiger partial charge in [-0.3, -0.25) is 4.79 Å². The molecule has 0 fully saturated rings. The van der Waals surface area contributed by atoms with Gasteiger partial charge in [0.2, 0.25) is 0 Å². The third-order valence-corrected chi connectivity index (χ3v) is 4.26. The van der Waals surface area contributed by atoms with E-state index in [1.165, 1.54) is 55.5 Å². The smallest absolute Gasteiger partial charge is 0.278 e. The molecular formula is C23H18ClF2NO3. The summed E-state index contributed by atoms with van der Waals surface area (Å²) < 4.78 is 38.3. The van der Waals surface area contributed by atoms with E-state index in [1.54, 1.807) is 30.3 Å². The third-order valence-electron chi connectivity index (χ3n) is 4.00. The van der Waals surface area contributed by atoms with E-state index in [1.807, 2.05) is 0 Å². The summed E-state index contributed by atoms with van der Waals surface area (Å²) in [4.78, 5) is 12.2. The number of carbonyl (C=O) groups is 1. The van der Waals surface area contributed by atoms with E-state index in [4.69, 9.17) is 21.1 Å². The lowest BCUT2D eigenvalue weighted by molar-refractivity contribution is -0.122. The largest absolute Gasteiger partial charge is 0.481 e. The molecular weight excluding hydrogens is 412 g/mol. The summed E-state index contributed by atoms with van der Waals surface area (Å²) in [6.45, 7) is 1.54. The van der Waals surface area contributed by atoms with Crippen LogP contribution in [0.4, 0.5) is 14.5 Å². The van der Waals surface area contributed by atoms with E-state index in [2.05, 4.69) is 5.32 Å². The highest BCUT2D eigenvalue weighted by molar-refractivity contribution is 6.30. The second-order valence-electron chi connectivity index (χ2n) is 6.30. The molecule has 0 aliphatic heterocycles. The van der Waals surface area contributed by atoms with E-state index >= 15 is 0 Å². The Balaban J connectivity index is 1.56. The van der Waals surface area contributed by atoms with Crippen molar-refractivity contribution >= 4 is 29.3 Å². The van der Waals surface area contributed by atoms with Crippen molar-refractivity contribution < 1.29 is 23.0 Å². The summed E-state index contributed by atoms with van der Waals surface area (Å²) in [6.07, 6.45) is 0.355. The van der Waals surface area contributed by atoms with E-state index < -0.39 is 23.8 Å². The molecule has 0 saturated heterocycles. The molecule has 3 rings (SSSR count). The maximum absolute atomic E-state index is 14.0. The van der Waals surface area contributed by atoms with Crippen LogP contribution in [0.25, 0.3) is 6.08 Å². The molecule has 1 amide bonds. The summed E-state index contributed by atoms with van der Waals surface area (Å²) in [5, 5.41) is 3.02. The molecule has 0 aromatic heterocycles. The van der Waals surface area contributed by atoms with Crippen molar-refractivity contribution in [1.29, 1.82) is 0 Å². The number of benzene rings is 3. The monoisotopic (exact) mass is 429 g/mol. The van der Waals surface area contributed by atoms with Crippen molar-refractivity contribution in [3.8, 4) is 11.5 Å². The number of ether oxygens (including phenoxy) is 2. The van der Waals surface area contributed by atoms with Crippen LogP contribution in [0.5, 0.6) is 11.5 Å². The highest BCUT2D eigenvalue weighted by Crippen LogP contribution is 2.22. The molecule has 154 valence electrons. The van der Waals surface area contributed by atoms with Gasteiger partial charge in [0.15, 0.2) is 6.10 Å². The fraction of sp³-hybridized carbons (Fsp3) is 0.0870. The van der Waals surface area contributed by atoms with E-state index in [0.717, 1.165) is 0 Å². The van der Waals surface area contributed by atoms with Crippen LogP contribution in [0, 0.1) is 5.82 Å². The molecule has 30 heavy (non-hydrogen) atoms. The predicted molar refractivity (Wildman–Crippen MR) is 113 cm³/mol. The summed E-state index contributed by atoms with van der Waals surface area (Å²) >= 11 is 5.80. The highest BCUT2D eigenvalue weighted by atomic mass is 35.5. The fourth-order valence-electron chi connectivity index (χ4n) is 2.47. The van der Waals surface area contributed by atoms with Gasteiger partial charge < -0.3 is 14.8 Å². The molecule has 0 aliphatic carbocycles. The van der Waals surface area contributed by atoms with E-state index in [9.17, 15) is 13.6 Å². The molecule has 1 atom stereocenters. The lowest BCUT2D eigenvalue weighted by Crippen LogP contribution is -2.30. The van der Waals surface area contributed by atoms with Crippen LogP contribution in [0.3, 0.4) is 0 Å². The molecule has 3 aromatic rings. The molecule has 3 aromatic carbocycles. The van der Waals surface area contributed by atoms with Gasteiger partial charge in [-0.25, -0.2) is 4.39 Å². The molecule has 0 radical (unpaired) electrons. The minimum absolute atomic E-state index is 0.0737. The Kier molecular flexibility index (Phi) is 7.03. The first-order chi connectivity index (χ1) is 14.4. The SMILES string of the molecule is C[C@@H](Oc1ccc(OC(F)=Cc2ccc(Cl)cc2)cc1)C(=O)Nc1ccccc1F. The lowest BCUT2D eigenvalue weighted by Gasteiger charge is -2.15. The molecule has 1 N–H and O–H groups in total. The van der Waals surface area contributed by atoms with Crippen molar-refractivity contribution in [1.82, 2.24) is 0 Å². The van der Waals surface area contributed by atoms with Crippen LogP contribution in [-0.4, -0.2) is 12.0 Å². The normalized spacial score (nSPS) is 12.2. The molecule has 0 unspecified atom stereocenters. The summed E-state index contributed by atoms with van der Waals surface area (Å²) in [5.41, 5.74) is 0.677. The number of hydrogen-bond acceptors (Lipinski definition) is 3. The van der Waals surface area contributed by atoms with Crippen LogP contribution in [0.2, 0.25) is 5.02 Å². The van der Waals surface area contributed by atoms with Crippen LogP contribution >= 0.6 is 11.6 Å². The topological polar surface area (TPSA) is 47.6 Å². The first-order valence-electron chi connectivity index (χ1n) is 9.03. The zero-order valence-electron chi connectivity index (χ0n) is 15.9. The van der Waals surface area contributed by atoms with Gasteiger partial charge in [0.05, 0.1) is 5.69 Å². The summed E-state index contributed by atoms with van der Waals surface area (Å²) in [6, 6.07) is 17.8. The van der Waals surface area contributed by atoms with Gasteiger partial charge in [-0.1, -0.05) is 35.9 Å². The Bertz CT molecular complexity index is 1040. The number of para-hydroxylation sites is 1. The van der Waals surface area contributed by atoms with Crippen molar-refractivity contribution in [2.45, 2.75) is 13.0 Å². The van der Waals surface area contributed by atoms with Gasteiger partial charge in [0.1, 0.15) is 17.3 Å². The Morgan fingerprint density at radius 1 is 1.00 bits per heavy atom. The van der Waals surface area contributed by atoms with Gasteiger partial charge in [-0.05, 0) is 61.0 Å². The molecule has 0 bridgehead atoms. The standard InChI is InChI=1S/C23H18ClF2NO3/c1-15(23(28)27-21-5-3-2-4-20(21)25)29-18-10-12-19(13-11-18)30-22(26)14-16-6-8-17(24)9-7-16/h2-15H,1H3,(H,27,28)/t15-/m1/s1. The van der Waals surface area contributed by atoms with Gasteiger partial charge >= 0.3 is 0 Å². The number of halogens is 3. The van der Waals surface area contributed by atoms with Gasteiger partial charge in [0, 0.05) is 11.1 Å². The number of amides is 1. The zero-order chi connectivity index (χ0) is 21.5. The Morgan fingerprint density at radius 3 is 2.30 bits per heavy atom. The molecule has 7 heteroatoms. The van der Waals surface area contributed by atoms with Crippen LogP contribution in [0.1, 0.15) is 12.5 Å².